The van der Waals surface area contributed by atoms with Gasteiger partial charge in [-0.3, -0.25) is 0 Å². The van der Waals surface area contributed by atoms with Crippen molar-refractivity contribution in [3.05, 3.63) is 18.6 Å². The van der Waals surface area contributed by atoms with Crippen LogP contribution in [0.3, 0.4) is 0 Å². The zero-order chi connectivity index (χ0) is 7.94. The van der Waals surface area contributed by atoms with Gasteiger partial charge in [-0.1, -0.05) is 25.5 Å². The normalized spacial score (nSPS) is 21.2. The highest BCUT2D eigenvalue weighted by Gasteiger charge is 2.09. The predicted octanol–water partition coefficient (Wildman–Crippen LogP) is 3.74. The first-order valence-electron chi connectivity index (χ1n) is 4.92. The van der Waals surface area contributed by atoms with E-state index in [-0.39, 0.29) is 0 Å². The van der Waals surface area contributed by atoms with Crippen LogP contribution < -0.4 is 0 Å². The molecule has 0 bridgehead atoms. The Bertz CT molecular complexity index is 107. The molecule has 1 radical (unpaired) electrons. The monoisotopic (exact) mass is 151 g/mol. The lowest BCUT2D eigenvalue weighted by molar-refractivity contribution is 0.482. The van der Waals surface area contributed by atoms with Gasteiger partial charge in [0, 0.05) is 0 Å². The van der Waals surface area contributed by atoms with Crippen LogP contribution in [0, 0.1) is 12.3 Å². The largest absolute Gasteiger partial charge is 0.0883 e. The van der Waals surface area contributed by atoms with Gasteiger partial charge in [0.1, 0.15) is 0 Å². The van der Waals surface area contributed by atoms with Gasteiger partial charge < -0.3 is 0 Å². The fraction of sp³-hybridized carbons (Fsp3) is 0.727. The molecule has 0 atom stereocenters. The number of unbranched alkanes of at least 4 members (excludes halogenated alkanes) is 1. The van der Waals surface area contributed by atoms with Crippen molar-refractivity contribution in [2.45, 2.75) is 45.4 Å². The van der Waals surface area contributed by atoms with Gasteiger partial charge >= 0.3 is 0 Å². The summed E-state index contributed by atoms with van der Waals surface area (Å²) in [5.41, 5.74) is 0. The molecule has 0 nitrogen and oxygen atoms in total. The Morgan fingerprint density at radius 3 is 2.73 bits per heavy atom. The van der Waals surface area contributed by atoms with Gasteiger partial charge in [-0.05, 0) is 44.4 Å². The van der Waals surface area contributed by atoms with E-state index in [1.807, 2.05) is 0 Å². The van der Waals surface area contributed by atoms with E-state index in [0.717, 1.165) is 5.92 Å². The Labute approximate surface area is 70.7 Å². The molecule has 1 aliphatic carbocycles. The van der Waals surface area contributed by atoms with Gasteiger partial charge in [-0.15, -0.1) is 0 Å². The first kappa shape index (κ1) is 8.83. The second-order valence-corrected chi connectivity index (χ2v) is 3.42. The summed E-state index contributed by atoms with van der Waals surface area (Å²) >= 11 is 0. The van der Waals surface area contributed by atoms with Crippen molar-refractivity contribution in [1.82, 2.24) is 0 Å². The molecule has 1 fully saturated rings. The maximum Gasteiger partial charge on any atom is -0.0233 e. The Balaban J connectivity index is 2.13. The number of allylic oxidation sites excluding steroid dienone is 2. The van der Waals surface area contributed by atoms with Crippen LogP contribution in [0.2, 0.25) is 0 Å². The lowest BCUT2D eigenvalue weighted by Gasteiger charge is -2.17. The van der Waals surface area contributed by atoms with Crippen LogP contribution in [0.15, 0.2) is 12.2 Å². The molecular formula is C11H19. The maximum absolute atomic E-state index is 2.43. The molecule has 0 heterocycles. The standard InChI is InChI=1S/C11H19/c1-2-3-5-8-11-9-6-4-7-10-11/h4-5,8,11H,2-3,6-7,9-10H2,1H3/b8-5+. The quantitative estimate of drug-likeness (QED) is 0.539. The summed E-state index contributed by atoms with van der Waals surface area (Å²) in [5.74, 6) is 0.895. The molecule has 0 aromatic carbocycles. The average molecular weight is 151 g/mol. The molecule has 0 saturated heterocycles. The smallest absolute Gasteiger partial charge is 0.0233 e. The van der Waals surface area contributed by atoms with Crippen molar-refractivity contribution in [2.75, 3.05) is 0 Å². The number of hydrogen-bond donors (Lipinski definition) is 0. The lowest BCUT2D eigenvalue weighted by Crippen LogP contribution is -2.02. The second kappa shape index (κ2) is 5.40. The van der Waals surface area contributed by atoms with E-state index in [1.54, 1.807) is 0 Å². The predicted molar refractivity (Wildman–Crippen MR) is 50.3 cm³/mol. The molecular weight excluding hydrogens is 132 g/mol. The lowest BCUT2D eigenvalue weighted by atomic mass is 9.89. The summed E-state index contributed by atoms with van der Waals surface area (Å²) in [6.07, 6.45) is 15.2. The minimum Gasteiger partial charge on any atom is -0.0883 e. The van der Waals surface area contributed by atoms with E-state index in [1.165, 1.54) is 38.5 Å². The van der Waals surface area contributed by atoms with Crippen molar-refractivity contribution in [3.8, 4) is 0 Å². The summed E-state index contributed by atoms with van der Waals surface area (Å²) in [6, 6.07) is 0. The minimum atomic E-state index is 0.895. The molecule has 11 heavy (non-hydrogen) atoms. The van der Waals surface area contributed by atoms with Crippen molar-refractivity contribution in [2.24, 2.45) is 5.92 Å². The summed E-state index contributed by atoms with van der Waals surface area (Å²) in [6.45, 7) is 2.24. The van der Waals surface area contributed by atoms with Crippen LogP contribution in [0.25, 0.3) is 0 Å². The third-order valence-electron chi connectivity index (χ3n) is 2.35. The van der Waals surface area contributed by atoms with Gasteiger partial charge in [0.15, 0.2) is 0 Å². The molecule has 0 N–H and O–H groups in total. The van der Waals surface area contributed by atoms with E-state index in [0.29, 0.717) is 0 Å². The van der Waals surface area contributed by atoms with Crippen molar-refractivity contribution < 1.29 is 0 Å². The molecule has 1 rings (SSSR count). The van der Waals surface area contributed by atoms with Gasteiger partial charge in [-0.2, -0.15) is 0 Å². The van der Waals surface area contributed by atoms with Gasteiger partial charge in [0.2, 0.25) is 0 Å². The first-order chi connectivity index (χ1) is 5.43. The fourth-order valence-corrected chi connectivity index (χ4v) is 1.60. The molecule has 0 amide bonds. The highest BCUT2D eigenvalue weighted by atomic mass is 14.1. The highest BCUT2D eigenvalue weighted by molar-refractivity contribution is 4.92. The minimum absolute atomic E-state index is 0.895. The second-order valence-electron chi connectivity index (χ2n) is 3.42. The molecule has 0 aromatic rings. The highest BCUT2D eigenvalue weighted by Crippen LogP contribution is 2.23. The number of rotatable bonds is 3. The SMILES string of the molecule is CCC/C=C/C1CC[CH]CC1. The molecule has 0 aromatic heterocycles. The fourth-order valence-electron chi connectivity index (χ4n) is 1.60. The summed E-state index contributed by atoms with van der Waals surface area (Å²) < 4.78 is 0. The number of hydrogen-bond acceptors (Lipinski definition) is 0. The zero-order valence-corrected chi connectivity index (χ0v) is 7.55. The van der Waals surface area contributed by atoms with Crippen LogP contribution in [-0.4, -0.2) is 0 Å². The average Bonchev–Trinajstić information content (AvgIpc) is 2.07. The van der Waals surface area contributed by atoms with Crippen LogP contribution in [-0.2, 0) is 0 Å². The molecule has 0 aliphatic heterocycles. The first-order valence-corrected chi connectivity index (χ1v) is 4.92. The van der Waals surface area contributed by atoms with E-state index in [4.69, 9.17) is 0 Å². The van der Waals surface area contributed by atoms with Crippen molar-refractivity contribution in [1.29, 1.82) is 0 Å². The summed E-state index contributed by atoms with van der Waals surface area (Å²) in [7, 11) is 0. The van der Waals surface area contributed by atoms with Gasteiger partial charge in [-0.25, -0.2) is 0 Å². The Morgan fingerprint density at radius 1 is 1.36 bits per heavy atom. The van der Waals surface area contributed by atoms with E-state index in [9.17, 15) is 0 Å². The third kappa shape index (κ3) is 3.60. The zero-order valence-electron chi connectivity index (χ0n) is 7.55. The molecule has 0 spiro atoms. The molecule has 0 unspecified atom stereocenters. The van der Waals surface area contributed by atoms with E-state index < -0.39 is 0 Å². The molecule has 1 aliphatic rings. The van der Waals surface area contributed by atoms with E-state index >= 15 is 0 Å². The Hall–Kier alpha value is -0.260. The summed E-state index contributed by atoms with van der Waals surface area (Å²) in [4.78, 5) is 0. The maximum atomic E-state index is 2.43. The van der Waals surface area contributed by atoms with Crippen LogP contribution in [0.1, 0.15) is 45.4 Å². The summed E-state index contributed by atoms with van der Waals surface area (Å²) in [5, 5.41) is 0. The Kier molecular flexibility index (Phi) is 4.33. The molecule has 63 valence electrons. The van der Waals surface area contributed by atoms with Gasteiger partial charge in [0.25, 0.3) is 0 Å². The van der Waals surface area contributed by atoms with Crippen LogP contribution >= 0.6 is 0 Å². The third-order valence-corrected chi connectivity index (χ3v) is 2.35. The van der Waals surface area contributed by atoms with Crippen molar-refractivity contribution in [3.63, 3.8) is 0 Å². The topological polar surface area (TPSA) is 0 Å². The van der Waals surface area contributed by atoms with Crippen molar-refractivity contribution >= 4 is 0 Å². The Morgan fingerprint density at radius 2 is 2.09 bits per heavy atom. The van der Waals surface area contributed by atoms with Crippen LogP contribution in [0.4, 0.5) is 0 Å². The van der Waals surface area contributed by atoms with Crippen LogP contribution in [0.5, 0.6) is 0 Å². The van der Waals surface area contributed by atoms with E-state index in [2.05, 4.69) is 25.5 Å². The molecule has 1 saturated carbocycles. The molecule has 0 heteroatoms. The van der Waals surface area contributed by atoms with Gasteiger partial charge in [0.05, 0.1) is 0 Å².